The van der Waals surface area contributed by atoms with Crippen LogP contribution in [0.4, 0.5) is 0 Å². The average Bonchev–Trinajstić information content (AvgIpc) is 2.61. The van der Waals surface area contributed by atoms with Gasteiger partial charge in [-0.05, 0) is 18.2 Å². The van der Waals surface area contributed by atoms with Gasteiger partial charge in [-0.2, -0.15) is 0 Å². The van der Waals surface area contributed by atoms with Crippen LogP contribution >= 0.6 is 21.6 Å². The van der Waals surface area contributed by atoms with Gasteiger partial charge >= 0.3 is 0 Å². The number of hydrogen-bond donors (Lipinski definition) is 0. The monoisotopic (exact) mass is 216 g/mol. The molecule has 0 unspecified atom stereocenters. The summed E-state index contributed by atoms with van der Waals surface area (Å²) >= 11 is 0. The molecular formula is C11H20S2. The topological polar surface area (TPSA) is 0 Å². The highest BCUT2D eigenvalue weighted by Gasteiger charge is 2.29. The molecule has 0 N–H and O–H groups in total. The maximum absolute atomic E-state index is 2.44. The zero-order valence-corrected chi connectivity index (χ0v) is 10.3. The highest BCUT2D eigenvalue weighted by atomic mass is 33.1. The molecule has 0 bridgehead atoms. The van der Waals surface area contributed by atoms with E-state index in [1.807, 2.05) is 10.8 Å². The summed E-state index contributed by atoms with van der Waals surface area (Å²) in [5, 5.41) is 2.27. The number of unbranched alkanes of at least 4 members (excludes halogenated alkanes) is 2. The van der Waals surface area contributed by atoms with E-state index >= 15 is 0 Å². The van der Waals surface area contributed by atoms with Crippen molar-refractivity contribution >= 4 is 21.6 Å². The van der Waals surface area contributed by atoms with Crippen LogP contribution in [0.3, 0.4) is 0 Å². The minimum Gasteiger partial charge on any atom is -0.0785 e. The summed E-state index contributed by atoms with van der Waals surface area (Å²) in [7, 11) is 3.99. The summed E-state index contributed by atoms with van der Waals surface area (Å²) in [5.41, 5.74) is 0. The van der Waals surface area contributed by atoms with Crippen molar-refractivity contribution < 1.29 is 0 Å². The predicted octanol–water partition coefficient (Wildman–Crippen LogP) is 5.01. The van der Waals surface area contributed by atoms with Gasteiger partial charge in [-0.15, -0.1) is 0 Å². The van der Waals surface area contributed by atoms with Crippen LogP contribution in [0.5, 0.6) is 0 Å². The van der Waals surface area contributed by atoms with Gasteiger partial charge in [-0.1, -0.05) is 67.2 Å². The maximum atomic E-state index is 2.44. The summed E-state index contributed by atoms with van der Waals surface area (Å²) in [4.78, 5) is 0. The molecular weight excluding hydrogens is 196 g/mol. The highest BCUT2D eigenvalue weighted by Crippen LogP contribution is 2.50. The van der Waals surface area contributed by atoms with Crippen LogP contribution < -0.4 is 0 Å². The SMILES string of the molecule is CCCCC1(CCCC)C=CSS1. The van der Waals surface area contributed by atoms with Crippen molar-refractivity contribution in [3.8, 4) is 0 Å². The fourth-order valence-corrected chi connectivity index (χ4v) is 4.43. The summed E-state index contributed by atoms with van der Waals surface area (Å²) in [6, 6.07) is 0. The quantitative estimate of drug-likeness (QED) is 0.572. The van der Waals surface area contributed by atoms with Crippen LogP contribution in [0.25, 0.3) is 0 Å². The lowest BCUT2D eigenvalue weighted by atomic mass is 9.95. The van der Waals surface area contributed by atoms with Gasteiger partial charge in [0.2, 0.25) is 0 Å². The largest absolute Gasteiger partial charge is 0.0785 e. The lowest BCUT2D eigenvalue weighted by Crippen LogP contribution is -2.18. The second-order valence-corrected chi connectivity index (χ2v) is 6.28. The zero-order chi connectivity index (χ0) is 9.57. The van der Waals surface area contributed by atoms with Crippen molar-refractivity contribution in [3.05, 3.63) is 11.5 Å². The first-order valence-electron chi connectivity index (χ1n) is 5.35. The van der Waals surface area contributed by atoms with Crippen molar-refractivity contribution in [1.82, 2.24) is 0 Å². The van der Waals surface area contributed by atoms with Crippen molar-refractivity contribution in [2.45, 2.75) is 57.1 Å². The third kappa shape index (κ3) is 3.59. The second-order valence-electron chi connectivity index (χ2n) is 3.75. The molecule has 0 nitrogen and oxygen atoms in total. The standard InChI is InChI=1S/C11H20S2/c1-3-5-7-11(8-6-4-2)9-10-12-13-11/h9-10H,3-8H2,1-2H3. The Balaban J connectivity index is 2.38. The third-order valence-electron chi connectivity index (χ3n) is 2.55. The molecule has 1 rings (SSSR count). The Hall–Kier alpha value is 0.440. The normalized spacial score (nSPS) is 19.5. The van der Waals surface area contributed by atoms with Crippen LogP contribution in [0, 0.1) is 0 Å². The first-order chi connectivity index (χ1) is 6.33. The predicted molar refractivity (Wildman–Crippen MR) is 66.1 cm³/mol. The Kier molecular flexibility index (Phi) is 5.34. The van der Waals surface area contributed by atoms with Gasteiger partial charge in [0.25, 0.3) is 0 Å². The summed E-state index contributed by atoms with van der Waals surface area (Å²) in [6.07, 6.45) is 10.6. The third-order valence-corrected chi connectivity index (χ3v) is 5.39. The van der Waals surface area contributed by atoms with E-state index in [1.54, 1.807) is 0 Å². The van der Waals surface area contributed by atoms with E-state index in [4.69, 9.17) is 0 Å². The van der Waals surface area contributed by atoms with E-state index < -0.39 is 0 Å². The minimum absolute atomic E-state index is 0.497. The molecule has 0 aromatic carbocycles. The van der Waals surface area contributed by atoms with Crippen molar-refractivity contribution in [2.75, 3.05) is 0 Å². The van der Waals surface area contributed by atoms with Crippen LogP contribution in [0.15, 0.2) is 11.5 Å². The Morgan fingerprint density at radius 3 is 2.08 bits per heavy atom. The van der Waals surface area contributed by atoms with Gasteiger partial charge in [0.15, 0.2) is 0 Å². The molecule has 0 radical (unpaired) electrons. The molecule has 0 fully saturated rings. The Morgan fingerprint density at radius 1 is 1.08 bits per heavy atom. The highest BCUT2D eigenvalue weighted by molar-refractivity contribution is 8.78. The van der Waals surface area contributed by atoms with Crippen LogP contribution in [0.2, 0.25) is 0 Å². The minimum atomic E-state index is 0.497. The Labute approximate surface area is 90.3 Å². The van der Waals surface area contributed by atoms with Gasteiger partial charge in [0.1, 0.15) is 0 Å². The molecule has 76 valence electrons. The molecule has 0 amide bonds. The summed E-state index contributed by atoms with van der Waals surface area (Å²) in [5.74, 6) is 0. The lowest BCUT2D eigenvalue weighted by molar-refractivity contribution is 0.540. The molecule has 0 aromatic heterocycles. The van der Waals surface area contributed by atoms with Crippen molar-refractivity contribution in [3.63, 3.8) is 0 Å². The summed E-state index contributed by atoms with van der Waals surface area (Å²) in [6.45, 7) is 4.56. The van der Waals surface area contributed by atoms with Gasteiger partial charge < -0.3 is 0 Å². The Morgan fingerprint density at radius 2 is 1.69 bits per heavy atom. The number of hydrogen-bond acceptors (Lipinski definition) is 2. The van der Waals surface area contributed by atoms with Crippen molar-refractivity contribution in [1.29, 1.82) is 0 Å². The second kappa shape index (κ2) is 6.02. The molecule has 1 heterocycles. The van der Waals surface area contributed by atoms with E-state index in [0.29, 0.717) is 4.75 Å². The van der Waals surface area contributed by atoms with E-state index in [0.717, 1.165) is 0 Å². The van der Waals surface area contributed by atoms with Gasteiger partial charge in [-0.25, -0.2) is 0 Å². The smallest absolute Gasteiger partial charge is 0.0454 e. The maximum Gasteiger partial charge on any atom is 0.0454 e. The molecule has 0 saturated heterocycles. The van der Waals surface area contributed by atoms with E-state index in [1.165, 1.54) is 38.5 Å². The molecule has 0 spiro atoms. The molecule has 0 aliphatic carbocycles. The van der Waals surface area contributed by atoms with Crippen molar-refractivity contribution in [2.24, 2.45) is 0 Å². The molecule has 13 heavy (non-hydrogen) atoms. The van der Waals surface area contributed by atoms with E-state index in [2.05, 4.69) is 36.1 Å². The first kappa shape index (κ1) is 11.5. The lowest BCUT2D eigenvalue weighted by Gasteiger charge is -2.25. The van der Waals surface area contributed by atoms with Gasteiger partial charge in [0, 0.05) is 4.75 Å². The molecule has 2 heteroatoms. The zero-order valence-electron chi connectivity index (χ0n) is 8.71. The molecule has 1 aliphatic heterocycles. The van der Waals surface area contributed by atoms with Gasteiger partial charge in [-0.3, -0.25) is 0 Å². The van der Waals surface area contributed by atoms with Crippen LogP contribution in [-0.4, -0.2) is 4.75 Å². The van der Waals surface area contributed by atoms with Crippen LogP contribution in [-0.2, 0) is 0 Å². The van der Waals surface area contributed by atoms with Gasteiger partial charge in [0.05, 0.1) is 0 Å². The van der Waals surface area contributed by atoms with E-state index in [-0.39, 0.29) is 0 Å². The first-order valence-corrected chi connectivity index (χ1v) is 7.56. The van der Waals surface area contributed by atoms with E-state index in [9.17, 15) is 0 Å². The van der Waals surface area contributed by atoms with Crippen LogP contribution in [0.1, 0.15) is 52.4 Å². The molecule has 0 saturated carbocycles. The number of rotatable bonds is 6. The fourth-order valence-electron chi connectivity index (χ4n) is 1.63. The summed E-state index contributed by atoms with van der Waals surface area (Å²) < 4.78 is 0.497. The molecule has 1 aliphatic rings. The average molecular weight is 216 g/mol. The molecule has 0 aromatic rings. The molecule has 0 atom stereocenters. The fraction of sp³-hybridized carbons (Fsp3) is 0.818. The Bertz CT molecular complexity index is 155.